The monoisotopic (exact) mass is 1330 g/mol. The SMILES string of the molecule is C=C(C(=O)OC)C(C)(C)C(=O)OCC(C)(CP)COC(=O)C(C)(C)C(=C)C(=O)OC.CC(C)(CO)CO.CC(C)(O)CO.CC(CO)(CO)CP.CC(CP)(CS)CS.COC(=O)C(C)(C)C(=O)OCC(C)(CP)COC(=O)C(C)(C)C(=O)OC. The summed E-state index contributed by atoms with van der Waals surface area (Å²) >= 11 is 8.40. The van der Waals surface area contributed by atoms with E-state index in [0.717, 1.165) is 23.8 Å². The van der Waals surface area contributed by atoms with Crippen LogP contribution in [0, 0.1) is 48.7 Å². The van der Waals surface area contributed by atoms with E-state index < -0.39 is 85.8 Å². The summed E-state index contributed by atoms with van der Waals surface area (Å²) in [6, 6.07) is 0. The summed E-state index contributed by atoms with van der Waals surface area (Å²) in [6.45, 7) is 32.8. The first kappa shape index (κ1) is 93.6. The second-order valence-corrected chi connectivity index (χ2v) is 27.1. The van der Waals surface area contributed by atoms with Gasteiger partial charge >= 0.3 is 47.8 Å². The zero-order valence-electron chi connectivity index (χ0n) is 54.4. The van der Waals surface area contributed by atoms with Crippen molar-refractivity contribution in [2.75, 3.05) is 124 Å². The first-order valence-corrected chi connectivity index (χ1v) is 31.2. The normalized spacial score (nSPS) is 12.0. The van der Waals surface area contributed by atoms with Crippen LogP contribution < -0.4 is 0 Å². The van der Waals surface area contributed by atoms with Gasteiger partial charge in [0, 0.05) is 32.8 Å². The number of thiol groups is 2. The molecule has 85 heavy (non-hydrogen) atoms. The number of esters is 8. The number of aliphatic hydroxyl groups excluding tert-OH is 5. The summed E-state index contributed by atoms with van der Waals surface area (Å²) in [5, 5.41) is 50.8. The Bertz CT molecular complexity index is 1930. The molecule has 0 saturated carbocycles. The van der Waals surface area contributed by atoms with E-state index in [0.29, 0.717) is 17.7 Å². The van der Waals surface area contributed by atoms with Crippen molar-refractivity contribution in [1.82, 2.24) is 0 Å². The average Bonchev–Trinajstić information content (AvgIpc) is 3.55. The fraction of sp³-hybridized carbons (Fsp3) is 0.789. The summed E-state index contributed by atoms with van der Waals surface area (Å²) in [4.78, 5) is 96.0. The number of aliphatic hydroxyl groups is 6. The molecule has 0 fully saturated rings. The lowest BCUT2D eigenvalue weighted by atomic mass is 9.84. The third-order valence-corrected chi connectivity index (χ3v) is 18.2. The first-order valence-electron chi connectivity index (χ1n) is 26.6. The lowest BCUT2D eigenvalue weighted by molar-refractivity contribution is -0.173. The minimum atomic E-state index is -1.44. The molecule has 4 atom stereocenters. The van der Waals surface area contributed by atoms with Crippen molar-refractivity contribution in [3.63, 3.8) is 0 Å². The summed E-state index contributed by atoms with van der Waals surface area (Å²) in [6.07, 6.45) is 2.72. The Morgan fingerprint density at radius 2 is 0.588 bits per heavy atom. The quantitative estimate of drug-likeness (QED) is 0.0120. The van der Waals surface area contributed by atoms with Crippen molar-refractivity contribution in [2.24, 2.45) is 48.7 Å². The fourth-order valence-corrected chi connectivity index (χ4v) is 6.25. The van der Waals surface area contributed by atoms with Crippen molar-refractivity contribution >= 4 is 110 Å². The highest BCUT2D eigenvalue weighted by molar-refractivity contribution is 7.81. The van der Waals surface area contributed by atoms with Crippen molar-refractivity contribution < 1.29 is 107 Å². The predicted molar refractivity (Wildman–Crippen MR) is 349 cm³/mol. The molecule has 0 rings (SSSR count). The Labute approximate surface area is 527 Å². The van der Waals surface area contributed by atoms with Gasteiger partial charge < -0.3 is 68.5 Å². The summed E-state index contributed by atoms with van der Waals surface area (Å²) in [5.74, 6) is -3.78. The molecule has 0 aliphatic rings. The molecule has 0 heterocycles. The largest absolute Gasteiger partial charge is 0.468 e. The molecule has 6 N–H and O–H groups in total. The summed E-state index contributed by atoms with van der Waals surface area (Å²) < 4.78 is 39.7. The first-order chi connectivity index (χ1) is 38.4. The maximum Gasteiger partial charge on any atom is 0.334 e. The fourth-order valence-electron chi connectivity index (χ4n) is 4.09. The number of ether oxygens (including phenoxy) is 8. The molecule has 0 saturated heterocycles. The van der Waals surface area contributed by atoms with Crippen LogP contribution in [0.5, 0.6) is 0 Å². The van der Waals surface area contributed by atoms with Crippen LogP contribution in [0.25, 0.3) is 0 Å². The molecule has 502 valence electrons. The maximum absolute atomic E-state index is 12.5. The van der Waals surface area contributed by atoms with Crippen LogP contribution in [0.1, 0.15) is 111 Å². The maximum atomic E-state index is 12.5. The topological polar surface area (TPSA) is 332 Å². The van der Waals surface area contributed by atoms with Crippen LogP contribution in [0.3, 0.4) is 0 Å². The highest BCUT2D eigenvalue weighted by atomic mass is 32.1. The molecule has 0 spiro atoms. The van der Waals surface area contributed by atoms with Crippen molar-refractivity contribution in [3.05, 3.63) is 24.3 Å². The lowest BCUT2D eigenvalue weighted by Gasteiger charge is -2.31. The molecule has 0 aromatic heterocycles. The molecule has 28 heteroatoms. The molecule has 0 bridgehead atoms. The Morgan fingerprint density at radius 3 is 0.706 bits per heavy atom. The van der Waals surface area contributed by atoms with Gasteiger partial charge in [-0.1, -0.05) is 54.7 Å². The number of hydrogen-bond acceptors (Lipinski definition) is 24. The Hall–Kier alpha value is -2.58. The van der Waals surface area contributed by atoms with Gasteiger partial charge in [-0.2, -0.15) is 25.3 Å². The van der Waals surface area contributed by atoms with Gasteiger partial charge in [-0.05, 0) is 111 Å². The van der Waals surface area contributed by atoms with Gasteiger partial charge in [-0.15, -0.1) is 37.0 Å². The average molecular weight is 1340 g/mol. The standard InChI is InChI=1S/C21H33O8P.C17H29O8P.C5H13O2P.C5H12O2.C5H13PS2.C4H10O2/c1-13(15(22)26-8)19(3,4)17(24)28-10-21(7,12-30)11-29-18(25)20(5,6)14(2)16(23)27-9;1-15(2,11(18)22-6)13(20)24-8-17(5,10-26)9-25-14(21)16(3,4)12(19)23-7;1-5(2-6,3-7)4-8;1-5(2,3-6)4-7;1-5(2-6,3-7)4-8;1-4(2,6)3-5/h1-2,10-12,30H2,3-9H3;8-10,26H2,1-7H3;6-7H,2-4,8H2,1H3;6-7H,3-4H2,1-2H3;7-8H,2-4,6H2,1H3;5-6H,3H2,1-2H3. The van der Waals surface area contributed by atoms with E-state index in [1.54, 1.807) is 41.5 Å². The van der Waals surface area contributed by atoms with Crippen LogP contribution in [0.15, 0.2) is 24.3 Å². The molecule has 0 radical (unpaired) electrons. The predicted octanol–water partition coefficient (Wildman–Crippen LogP) is 5.14. The Balaban J connectivity index is -0.000000251. The zero-order chi connectivity index (χ0) is 69.0. The van der Waals surface area contributed by atoms with Crippen LogP contribution >= 0.6 is 62.2 Å². The summed E-state index contributed by atoms with van der Waals surface area (Å²) in [7, 11) is 15.0. The van der Waals surface area contributed by atoms with Crippen molar-refractivity contribution in [1.29, 1.82) is 0 Å². The van der Waals surface area contributed by atoms with Gasteiger partial charge in [0.05, 0.1) is 77.9 Å². The van der Waals surface area contributed by atoms with E-state index in [2.05, 4.69) is 101 Å². The molecule has 0 aliphatic heterocycles. The van der Waals surface area contributed by atoms with Gasteiger partial charge in [0.1, 0.15) is 26.4 Å². The van der Waals surface area contributed by atoms with E-state index in [1.807, 2.05) is 6.92 Å². The van der Waals surface area contributed by atoms with Crippen molar-refractivity contribution in [3.8, 4) is 0 Å². The van der Waals surface area contributed by atoms with Crippen LogP contribution in [0.2, 0.25) is 0 Å². The third kappa shape index (κ3) is 36.6. The molecule has 0 amide bonds. The van der Waals surface area contributed by atoms with Crippen LogP contribution in [-0.2, 0) is 76.3 Å². The molecule has 22 nitrogen and oxygen atoms in total. The second-order valence-electron chi connectivity index (χ2n) is 24.9. The number of carbonyl (C=O) groups is 8. The van der Waals surface area contributed by atoms with Crippen LogP contribution in [-0.4, -0.2) is 208 Å². The van der Waals surface area contributed by atoms with Crippen molar-refractivity contribution in [2.45, 2.75) is 116 Å². The summed E-state index contributed by atoms with van der Waals surface area (Å²) in [5.41, 5.74) is -8.15. The zero-order valence-corrected chi connectivity index (χ0v) is 60.8. The smallest absolute Gasteiger partial charge is 0.334 e. The molecule has 0 aromatic carbocycles. The number of rotatable bonds is 29. The Morgan fingerprint density at radius 1 is 0.365 bits per heavy atom. The second kappa shape index (κ2) is 43.2. The lowest BCUT2D eigenvalue weighted by Crippen LogP contribution is -2.41. The van der Waals surface area contributed by atoms with Gasteiger partial charge in [-0.3, -0.25) is 28.8 Å². The molecule has 0 aliphatic carbocycles. The Kier molecular flexibility index (Phi) is 47.5. The van der Waals surface area contributed by atoms with E-state index in [9.17, 15) is 38.4 Å². The van der Waals surface area contributed by atoms with Gasteiger partial charge in [0.25, 0.3) is 0 Å². The molecule has 0 aromatic rings. The van der Waals surface area contributed by atoms with E-state index in [-0.39, 0.29) is 81.4 Å². The molecule has 4 unspecified atom stereocenters. The van der Waals surface area contributed by atoms with Gasteiger partial charge in [0.2, 0.25) is 0 Å². The highest BCUT2D eigenvalue weighted by Gasteiger charge is 2.44. The van der Waals surface area contributed by atoms with Gasteiger partial charge in [-0.25, -0.2) is 9.59 Å². The molecular formula is C57H110O22P4S2. The number of carbonyl (C=O) groups excluding carboxylic acids is 8. The number of hydrogen-bond donors (Lipinski definition) is 8. The minimum Gasteiger partial charge on any atom is -0.468 e. The van der Waals surface area contributed by atoms with E-state index in [4.69, 9.17) is 49.6 Å². The van der Waals surface area contributed by atoms with Crippen LogP contribution in [0.4, 0.5) is 0 Å². The highest BCUT2D eigenvalue weighted by Crippen LogP contribution is 2.33. The van der Waals surface area contributed by atoms with Gasteiger partial charge in [0.15, 0.2) is 10.8 Å². The van der Waals surface area contributed by atoms with E-state index >= 15 is 0 Å². The van der Waals surface area contributed by atoms with E-state index in [1.165, 1.54) is 83.8 Å². The molecular weight excluding hydrogens is 1220 g/mol. The third-order valence-electron chi connectivity index (χ3n) is 12.8. The number of methoxy groups -OCH3 is 4. The minimum absolute atomic E-state index is 0.0305.